The fraction of sp³-hybridized carbons (Fsp3) is 0.562. The number of ether oxygens (including phenoxy) is 1. The van der Waals surface area contributed by atoms with E-state index in [4.69, 9.17) is 4.74 Å². The molecule has 0 amide bonds. The molecule has 0 bridgehead atoms. The number of benzene rings is 1. The Hall–Kier alpha value is -1.50. The molecule has 1 aromatic carbocycles. The van der Waals surface area contributed by atoms with Crippen LogP contribution in [0.25, 0.3) is 0 Å². The monoisotopic (exact) mass is 310 g/mol. The van der Waals surface area contributed by atoms with Crippen molar-refractivity contribution in [3.8, 4) is 0 Å². The standard InChI is InChI=1S/C16H23FN2O3/c1-12-3-4-13(14(17)11-12)15(16(20)21)18(2)5-6-19-7-9-22-10-8-19/h3-4,11,15H,5-10H2,1-2H3,(H,20,21). The van der Waals surface area contributed by atoms with Crippen LogP contribution in [0.3, 0.4) is 0 Å². The van der Waals surface area contributed by atoms with E-state index in [9.17, 15) is 14.3 Å². The van der Waals surface area contributed by atoms with E-state index in [1.807, 2.05) is 0 Å². The lowest BCUT2D eigenvalue weighted by molar-refractivity contribution is -0.143. The van der Waals surface area contributed by atoms with Crippen molar-refractivity contribution >= 4 is 5.97 Å². The zero-order valence-corrected chi connectivity index (χ0v) is 13.1. The molecule has 1 N–H and O–H groups in total. The molecule has 1 saturated heterocycles. The van der Waals surface area contributed by atoms with Gasteiger partial charge in [-0.25, -0.2) is 4.39 Å². The normalized spacial score (nSPS) is 17.6. The number of carbonyl (C=O) groups is 1. The summed E-state index contributed by atoms with van der Waals surface area (Å²) in [6.45, 7) is 6.21. The van der Waals surface area contributed by atoms with E-state index in [2.05, 4.69) is 4.90 Å². The van der Waals surface area contributed by atoms with Gasteiger partial charge in [0.1, 0.15) is 11.9 Å². The Labute approximate surface area is 130 Å². The number of hydrogen-bond donors (Lipinski definition) is 1. The van der Waals surface area contributed by atoms with Gasteiger partial charge < -0.3 is 9.84 Å². The first-order valence-electron chi connectivity index (χ1n) is 7.48. The molecule has 1 aromatic rings. The molecule has 22 heavy (non-hydrogen) atoms. The lowest BCUT2D eigenvalue weighted by Crippen LogP contribution is -2.42. The Balaban J connectivity index is 2.04. The molecule has 1 aliphatic heterocycles. The molecule has 122 valence electrons. The molecule has 0 saturated carbocycles. The van der Waals surface area contributed by atoms with Crippen LogP contribution in [0.15, 0.2) is 18.2 Å². The highest BCUT2D eigenvalue weighted by atomic mass is 19.1. The molecule has 1 atom stereocenters. The van der Waals surface area contributed by atoms with Gasteiger partial charge in [0.25, 0.3) is 0 Å². The molecule has 1 unspecified atom stereocenters. The van der Waals surface area contributed by atoms with Crippen molar-refractivity contribution in [3.05, 3.63) is 35.1 Å². The first kappa shape index (κ1) is 16.9. The average Bonchev–Trinajstić information content (AvgIpc) is 2.48. The number of nitrogens with zero attached hydrogens (tertiary/aromatic N) is 2. The highest BCUT2D eigenvalue weighted by Gasteiger charge is 2.27. The van der Waals surface area contributed by atoms with Crippen LogP contribution < -0.4 is 0 Å². The molecule has 1 aliphatic rings. The molecule has 1 heterocycles. The quantitative estimate of drug-likeness (QED) is 0.863. The largest absolute Gasteiger partial charge is 0.480 e. The summed E-state index contributed by atoms with van der Waals surface area (Å²) in [5.41, 5.74) is 0.990. The minimum Gasteiger partial charge on any atom is -0.480 e. The van der Waals surface area contributed by atoms with E-state index in [1.165, 1.54) is 6.07 Å². The van der Waals surface area contributed by atoms with Gasteiger partial charge in [0.2, 0.25) is 0 Å². The Morgan fingerprint density at radius 2 is 2.14 bits per heavy atom. The molecule has 2 rings (SSSR count). The number of halogens is 1. The van der Waals surface area contributed by atoms with Gasteiger partial charge in [-0.15, -0.1) is 0 Å². The second-order valence-corrected chi connectivity index (χ2v) is 5.70. The SMILES string of the molecule is Cc1ccc(C(C(=O)O)N(C)CCN2CCOCC2)c(F)c1. The van der Waals surface area contributed by atoms with Crippen molar-refractivity contribution in [2.45, 2.75) is 13.0 Å². The maximum Gasteiger partial charge on any atom is 0.325 e. The van der Waals surface area contributed by atoms with Crippen molar-refractivity contribution in [3.63, 3.8) is 0 Å². The summed E-state index contributed by atoms with van der Waals surface area (Å²) in [6, 6.07) is 3.71. The number of likely N-dealkylation sites (N-methyl/N-ethyl adjacent to an activating group) is 1. The van der Waals surface area contributed by atoms with Gasteiger partial charge in [-0.2, -0.15) is 0 Å². The van der Waals surface area contributed by atoms with E-state index in [1.54, 1.807) is 31.0 Å². The second kappa shape index (κ2) is 7.67. The van der Waals surface area contributed by atoms with Crippen LogP contribution in [-0.2, 0) is 9.53 Å². The molecule has 6 heteroatoms. The fourth-order valence-electron chi connectivity index (χ4n) is 2.67. The van der Waals surface area contributed by atoms with E-state index < -0.39 is 17.8 Å². The summed E-state index contributed by atoms with van der Waals surface area (Å²) < 4.78 is 19.4. The fourth-order valence-corrected chi connectivity index (χ4v) is 2.67. The van der Waals surface area contributed by atoms with Crippen molar-refractivity contribution in [1.82, 2.24) is 9.80 Å². The third-order valence-electron chi connectivity index (χ3n) is 4.00. The van der Waals surface area contributed by atoms with Crippen LogP contribution in [0.2, 0.25) is 0 Å². The molecule has 0 radical (unpaired) electrons. The van der Waals surface area contributed by atoms with Crippen LogP contribution in [0.5, 0.6) is 0 Å². The molecular weight excluding hydrogens is 287 g/mol. The minimum absolute atomic E-state index is 0.211. The summed E-state index contributed by atoms with van der Waals surface area (Å²) >= 11 is 0. The number of aryl methyl sites for hydroxylation is 1. The summed E-state index contributed by atoms with van der Waals surface area (Å²) in [7, 11) is 1.72. The van der Waals surface area contributed by atoms with Crippen molar-refractivity contribution in [1.29, 1.82) is 0 Å². The lowest BCUT2D eigenvalue weighted by Gasteiger charge is -2.31. The first-order valence-corrected chi connectivity index (χ1v) is 7.48. The maximum absolute atomic E-state index is 14.1. The second-order valence-electron chi connectivity index (χ2n) is 5.70. The van der Waals surface area contributed by atoms with Gasteiger partial charge in [0.05, 0.1) is 13.2 Å². The zero-order valence-electron chi connectivity index (χ0n) is 13.1. The smallest absolute Gasteiger partial charge is 0.325 e. The third kappa shape index (κ3) is 4.25. The maximum atomic E-state index is 14.1. The Bertz CT molecular complexity index is 518. The van der Waals surface area contributed by atoms with Gasteiger partial charge >= 0.3 is 5.97 Å². The number of carboxylic acid groups (broad SMARTS) is 1. The van der Waals surface area contributed by atoms with Crippen molar-refractivity contribution in [2.24, 2.45) is 0 Å². The molecular formula is C16H23FN2O3. The van der Waals surface area contributed by atoms with Crippen LogP contribution in [0, 0.1) is 12.7 Å². The first-order chi connectivity index (χ1) is 10.5. The highest BCUT2D eigenvalue weighted by Crippen LogP contribution is 2.23. The predicted molar refractivity (Wildman–Crippen MR) is 81.4 cm³/mol. The van der Waals surface area contributed by atoms with Crippen molar-refractivity contribution < 1.29 is 19.0 Å². The molecule has 0 aromatic heterocycles. The van der Waals surface area contributed by atoms with E-state index in [0.717, 1.165) is 25.2 Å². The Morgan fingerprint density at radius 3 is 2.73 bits per heavy atom. The summed E-state index contributed by atoms with van der Waals surface area (Å²) in [6.07, 6.45) is 0. The minimum atomic E-state index is -1.03. The topological polar surface area (TPSA) is 53.0 Å². The Kier molecular flexibility index (Phi) is 5.88. The van der Waals surface area contributed by atoms with Gasteiger partial charge in [-0.05, 0) is 25.6 Å². The number of rotatable bonds is 6. The van der Waals surface area contributed by atoms with Gasteiger partial charge in [0.15, 0.2) is 0 Å². The van der Waals surface area contributed by atoms with Gasteiger partial charge in [-0.3, -0.25) is 14.6 Å². The molecule has 5 nitrogen and oxygen atoms in total. The zero-order chi connectivity index (χ0) is 16.1. The number of morpholine rings is 1. The number of aliphatic carboxylic acids is 1. The van der Waals surface area contributed by atoms with E-state index in [-0.39, 0.29) is 5.56 Å². The summed E-state index contributed by atoms with van der Waals surface area (Å²) in [4.78, 5) is 15.5. The average molecular weight is 310 g/mol. The van der Waals surface area contributed by atoms with Gasteiger partial charge in [0, 0.05) is 31.7 Å². The van der Waals surface area contributed by atoms with E-state index in [0.29, 0.717) is 19.8 Å². The molecule has 0 aliphatic carbocycles. The van der Waals surface area contributed by atoms with Crippen LogP contribution in [0.1, 0.15) is 17.2 Å². The van der Waals surface area contributed by atoms with Crippen LogP contribution in [0.4, 0.5) is 4.39 Å². The van der Waals surface area contributed by atoms with E-state index >= 15 is 0 Å². The van der Waals surface area contributed by atoms with Gasteiger partial charge in [-0.1, -0.05) is 12.1 Å². The molecule has 0 spiro atoms. The lowest BCUT2D eigenvalue weighted by atomic mass is 10.0. The highest BCUT2D eigenvalue weighted by molar-refractivity contribution is 5.75. The number of hydrogen-bond acceptors (Lipinski definition) is 4. The van der Waals surface area contributed by atoms with Crippen molar-refractivity contribution in [2.75, 3.05) is 46.4 Å². The summed E-state index contributed by atoms with van der Waals surface area (Å²) in [5, 5.41) is 9.49. The Morgan fingerprint density at radius 1 is 1.45 bits per heavy atom. The third-order valence-corrected chi connectivity index (χ3v) is 4.00. The number of carboxylic acids is 1. The summed E-state index contributed by atoms with van der Waals surface area (Å²) in [5.74, 6) is -1.50. The van der Waals surface area contributed by atoms with Crippen LogP contribution >= 0.6 is 0 Å². The van der Waals surface area contributed by atoms with Crippen LogP contribution in [-0.4, -0.2) is 67.3 Å². The molecule has 1 fully saturated rings. The predicted octanol–water partition coefficient (Wildman–Crippen LogP) is 1.52.